The summed E-state index contributed by atoms with van der Waals surface area (Å²) in [5, 5.41) is 3.66. The highest BCUT2D eigenvalue weighted by molar-refractivity contribution is 5.80. The largest absolute Gasteiger partial charge is 0.493 e. The van der Waals surface area contributed by atoms with Crippen molar-refractivity contribution < 1.29 is 14.3 Å². The average molecular weight is 219 g/mol. The Hall–Kier alpha value is -2.15. The third-order valence-electron chi connectivity index (χ3n) is 1.81. The number of hydrogen-bond donors (Lipinski definition) is 0. The minimum atomic E-state index is 0.210. The summed E-state index contributed by atoms with van der Waals surface area (Å²) in [7, 11) is 3.05. The summed E-state index contributed by atoms with van der Waals surface area (Å²) in [4.78, 5) is 4.59. The predicted octanol–water partition coefficient (Wildman–Crippen LogP) is 1.69. The Balaban J connectivity index is 2.89. The van der Waals surface area contributed by atoms with Crippen LogP contribution in [0.5, 0.6) is 11.5 Å². The summed E-state index contributed by atoms with van der Waals surface area (Å²) < 4.78 is 10.5. The van der Waals surface area contributed by atoms with Gasteiger partial charge in [-0.3, -0.25) is 0 Å². The molecular formula is C12H13NO3. The van der Waals surface area contributed by atoms with Gasteiger partial charge in [-0.1, -0.05) is 11.1 Å². The van der Waals surface area contributed by atoms with Gasteiger partial charge in [-0.15, -0.1) is 6.42 Å². The van der Waals surface area contributed by atoms with E-state index in [2.05, 4.69) is 15.9 Å². The van der Waals surface area contributed by atoms with Crippen LogP contribution in [-0.2, 0) is 4.84 Å². The van der Waals surface area contributed by atoms with Crippen molar-refractivity contribution in [2.24, 2.45) is 5.16 Å². The molecule has 0 aliphatic rings. The molecule has 0 unspecified atom stereocenters. The number of rotatable bonds is 5. The van der Waals surface area contributed by atoms with Gasteiger partial charge in [0.25, 0.3) is 0 Å². The highest BCUT2D eigenvalue weighted by Crippen LogP contribution is 2.27. The van der Waals surface area contributed by atoms with Gasteiger partial charge in [0.1, 0.15) is 13.7 Å². The Morgan fingerprint density at radius 1 is 1.38 bits per heavy atom. The summed E-state index contributed by atoms with van der Waals surface area (Å²) in [5.41, 5.74) is 0.853. The quantitative estimate of drug-likeness (QED) is 0.430. The van der Waals surface area contributed by atoms with Crippen molar-refractivity contribution in [1.82, 2.24) is 0 Å². The second-order valence-electron chi connectivity index (χ2n) is 2.82. The molecule has 0 aliphatic heterocycles. The van der Waals surface area contributed by atoms with E-state index in [1.807, 2.05) is 6.07 Å². The maximum Gasteiger partial charge on any atom is 0.162 e. The number of methoxy groups -OCH3 is 1. The predicted molar refractivity (Wildman–Crippen MR) is 61.9 cm³/mol. The third-order valence-corrected chi connectivity index (χ3v) is 1.81. The van der Waals surface area contributed by atoms with E-state index >= 15 is 0 Å². The van der Waals surface area contributed by atoms with Crippen LogP contribution in [-0.4, -0.2) is 27.0 Å². The molecule has 0 saturated carbocycles. The number of oxime groups is 1. The Labute approximate surface area is 94.8 Å². The second kappa shape index (κ2) is 6.36. The van der Waals surface area contributed by atoms with E-state index in [-0.39, 0.29) is 6.61 Å². The second-order valence-corrected chi connectivity index (χ2v) is 2.82. The zero-order valence-electron chi connectivity index (χ0n) is 9.27. The van der Waals surface area contributed by atoms with Crippen molar-refractivity contribution in [3.63, 3.8) is 0 Å². The van der Waals surface area contributed by atoms with Crippen LogP contribution in [0, 0.1) is 12.3 Å². The molecule has 0 heterocycles. The van der Waals surface area contributed by atoms with E-state index in [4.69, 9.17) is 15.9 Å². The summed E-state index contributed by atoms with van der Waals surface area (Å²) in [6, 6.07) is 5.39. The van der Waals surface area contributed by atoms with E-state index in [9.17, 15) is 0 Å². The van der Waals surface area contributed by atoms with Gasteiger partial charge in [0.15, 0.2) is 11.5 Å². The molecule has 0 spiro atoms. The molecule has 0 aliphatic carbocycles. The fourth-order valence-corrected chi connectivity index (χ4v) is 1.12. The van der Waals surface area contributed by atoms with Crippen molar-refractivity contribution in [1.29, 1.82) is 0 Å². The molecule has 0 aromatic heterocycles. The molecule has 1 rings (SSSR count). The van der Waals surface area contributed by atoms with Crippen LogP contribution in [0.2, 0.25) is 0 Å². The molecule has 4 heteroatoms. The lowest BCUT2D eigenvalue weighted by atomic mass is 10.2. The SMILES string of the molecule is C#CCOc1ccc(/C=N/OC)cc1OC. The van der Waals surface area contributed by atoms with E-state index in [0.29, 0.717) is 11.5 Å². The molecular weight excluding hydrogens is 206 g/mol. The molecule has 1 aromatic carbocycles. The van der Waals surface area contributed by atoms with Crippen LogP contribution in [0.4, 0.5) is 0 Å². The fourth-order valence-electron chi connectivity index (χ4n) is 1.12. The van der Waals surface area contributed by atoms with E-state index in [1.54, 1.807) is 25.5 Å². The van der Waals surface area contributed by atoms with Crippen molar-refractivity contribution >= 4 is 6.21 Å². The van der Waals surface area contributed by atoms with Gasteiger partial charge in [0.2, 0.25) is 0 Å². The Morgan fingerprint density at radius 2 is 2.19 bits per heavy atom. The first-order chi connectivity index (χ1) is 7.81. The molecule has 0 fully saturated rings. The van der Waals surface area contributed by atoms with Crippen molar-refractivity contribution in [3.05, 3.63) is 23.8 Å². The topological polar surface area (TPSA) is 40.0 Å². The lowest BCUT2D eigenvalue weighted by Crippen LogP contribution is -1.97. The standard InChI is InChI=1S/C12H13NO3/c1-4-7-16-11-6-5-10(9-13-15-3)8-12(11)14-2/h1,5-6,8-9H,7H2,2-3H3/b13-9+. The first kappa shape index (κ1) is 11.9. The Kier molecular flexibility index (Phi) is 4.74. The average Bonchev–Trinajstić information content (AvgIpc) is 2.34. The first-order valence-corrected chi connectivity index (χ1v) is 4.62. The summed E-state index contributed by atoms with van der Waals surface area (Å²) in [5.74, 6) is 3.61. The van der Waals surface area contributed by atoms with Crippen LogP contribution < -0.4 is 9.47 Å². The van der Waals surface area contributed by atoms with Crippen LogP contribution in [0.25, 0.3) is 0 Å². The fraction of sp³-hybridized carbons (Fsp3) is 0.250. The van der Waals surface area contributed by atoms with Crippen molar-refractivity contribution in [2.75, 3.05) is 20.8 Å². The Bertz CT molecular complexity index is 407. The smallest absolute Gasteiger partial charge is 0.162 e. The molecule has 16 heavy (non-hydrogen) atoms. The Morgan fingerprint density at radius 3 is 2.81 bits per heavy atom. The maximum atomic E-state index is 5.30. The van der Waals surface area contributed by atoms with Crippen LogP contribution in [0.15, 0.2) is 23.4 Å². The number of nitrogens with zero attached hydrogens (tertiary/aromatic N) is 1. The molecule has 0 radical (unpaired) electrons. The molecule has 4 nitrogen and oxygen atoms in total. The number of ether oxygens (including phenoxy) is 2. The van der Waals surface area contributed by atoms with Crippen LogP contribution in [0.1, 0.15) is 5.56 Å². The van der Waals surface area contributed by atoms with Gasteiger partial charge in [-0.05, 0) is 18.2 Å². The van der Waals surface area contributed by atoms with E-state index in [1.165, 1.54) is 7.11 Å². The van der Waals surface area contributed by atoms with Gasteiger partial charge < -0.3 is 14.3 Å². The maximum absolute atomic E-state index is 5.30. The van der Waals surface area contributed by atoms with Gasteiger partial charge in [0.05, 0.1) is 13.3 Å². The van der Waals surface area contributed by atoms with Gasteiger partial charge in [-0.2, -0.15) is 0 Å². The molecule has 0 saturated heterocycles. The summed E-state index contributed by atoms with van der Waals surface area (Å²) in [6.45, 7) is 0.210. The number of hydrogen-bond acceptors (Lipinski definition) is 4. The van der Waals surface area contributed by atoms with Gasteiger partial charge in [-0.25, -0.2) is 0 Å². The van der Waals surface area contributed by atoms with Crippen LogP contribution >= 0.6 is 0 Å². The van der Waals surface area contributed by atoms with Crippen molar-refractivity contribution in [2.45, 2.75) is 0 Å². The van der Waals surface area contributed by atoms with Crippen molar-refractivity contribution in [3.8, 4) is 23.8 Å². The molecule has 0 bridgehead atoms. The number of terminal acetylenes is 1. The minimum Gasteiger partial charge on any atom is -0.493 e. The highest BCUT2D eigenvalue weighted by atomic mass is 16.6. The lowest BCUT2D eigenvalue weighted by Gasteiger charge is -2.08. The lowest BCUT2D eigenvalue weighted by molar-refractivity contribution is 0.215. The highest BCUT2D eigenvalue weighted by Gasteiger charge is 2.04. The van der Waals surface area contributed by atoms with Gasteiger partial charge in [0, 0.05) is 5.56 Å². The van der Waals surface area contributed by atoms with Gasteiger partial charge >= 0.3 is 0 Å². The molecule has 1 aromatic rings. The third kappa shape index (κ3) is 3.21. The summed E-state index contributed by atoms with van der Waals surface area (Å²) >= 11 is 0. The normalized spacial score (nSPS) is 9.81. The monoisotopic (exact) mass is 219 g/mol. The zero-order chi connectivity index (χ0) is 11.8. The molecule has 84 valence electrons. The molecule has 0 amide bonds. The van der Waals surface area contributed by atoms with E-state index < -0.39 is 0 Å². The van der Waals surface area contributed by atoms with E-state index in [0.717, 1.165) is 5.56 Å². The molecule has 0 N–H and O–H groups in total. The number of benzene rings is 1. The molecule has 0 atom stereocenters. The first-order valence-electron chi connectivity index (χ1n) is 4.62. The zero-order valence-corrected chi connectivity index (χ0v) is 9.27. The minimum absolute atomic E-state index is 0.210. The van der Waals surface area contributed by atoms with Crippen LogP contribution in [0.3, 0.4) is 0 Å². The summed E-state index contributed by atoms with van der Waals surface area (Å²) in [6.07, 6.45) is 6.69.